The fraction of sp³-hybridized carbons (Fsp3) is 0.286. The van der Waals surface area contributed by atoms with Gasteiger partial charge in [-0.25, -0.2) is 14.0 Å². The van der Waals surface area contributed by atoms with E-state index < -0.39 is 18.0 Å². The van der Waals surface area contributed by atoms with Crippen molar-refractivity contribution < 1.29 is 19.1 Å². The van der Waals surface area contributed by atoms with Gasteiger partial charge in [-0.15, -0.1) is 6.58 Å². The van der Waals surface area contributed by atoms with Crippen molar-refractivity contribution in [3.63, 3.8) is 0 Å². The SMILES string of the molecule is C=CCC(NC(=O)NCCc1ccc(F)cc1)C(=O)O. The molecule has 1 aromatic rings. The molecule has 0 saturated carbocycles. The molecule has 0 bridgehead atoms. The zero-order chi connectivity index (χ0) is 15.0. The lowest BCUT2D eigenvalue weighted by atomic mass is 10.1. The molecule has 1 atom stereocenters. The quantitative estimate of drug-likeness (QED) is 0.665. The Labute approximate surface area is 116 Å². The summed E-state index contributed by atoms with van der Waals surface area (Å²) in [6.07, 6.45) is 2.12. The van der Waals surface area contributed by atoms with Gasteiger partial charge in [0.25, 0.3) is 0 Å². The molecule has 2 amide bonds. The van der Waals surface area contributed by atoms with Crippen LogP contribution in [0.15, 0.2) is 36.9 Å². The van der Waals surface area contributed by atoms with Gasteiger partial charge < -0.3 is 15.7 Å². The topological polar surface area (TPSA) is 78.4 Å². The number of rotatable bonds is 7. The van der Waals surface area contributed by atoms with Crippen LogP contribution in [0.3, 0.4) is 0 Å². The molecule has 6 heteroatoms. The van der Waals surface area contributed by atoms with Gasteiger partial charge in [-0.2, -0.15) is 0 Å². The number of benzene rings is 1. The van der Waals surface area contributed by atoms with E-state index in [2.05, 4.69) is 17.2 Å². The van der Waals surface area contributed by atoms with Crippen LogP contribution in [-0.4, -0.2) is 29.7 Å². The Kier molecular flexibility index (Phi) is 6.22. The first-order valence-electron chi connectivity index (χ1n) is 6.15. The number of carboxylic acids is 1. The maximum Gasteiger partial charge on any atom is 0.326 e. The van der Waals surface area contributed by atoms with E-state index in [0.717, 1.165) is 5.56 Å². The van der Waals surface area contributed by atoms with Crippen molar-refractivity contribution in [3.8, 4) is 0 Å². The number of halogens is 1. The maximum atomic E-state index is 12.7. The second kappa shape index (κ2) is 7.93. The normalized spacial score (nSPS) is 11.4. The lowest BCUT2D eigenvalue weighted by Gasteiger charge is -2.13. The van der Waals surface area contributed by atoms with Gasteiger partial charge in [-0.3, -0.25) is 0 Å². The number of carbonyl (C=O) groups is 2. The number of hydrogen-bond donors (Lipinski definition) is 3. The van der Waals surface area contributed by atoms with Gasteiger partial charge in [0.1, 0.15) is 11.9 Å². The summed E-state index contributed by atoms with van der Waals surface area (Å²) in [7, 11) is 0. The summed E-state index contributed by atoms with van der Waals surface area (Å²) in [6.45, 7) is 3.76. The highest BCUT2D eigenvalue weighted by Gasteiger charge is 2.17. The molecule has 0 radical (unpaired) electrons. The van der Waals surface area contributed by atoms with Crippen LogP contribution in [0.2, 0.25) is 0 Å². The first-order chi connectivity index (χ1) is 9.52. The molecule has 1 rings (SSSR count). The smallest absolute Gasteiger partial charge is 0.326 e. The first kappa shape index (κ1) is 15.7. The van der Waals surface area contributed by atoms with Gasteiger partial charge in [0.15, 0.2) is 0 Å². The number of carbonyl (C=O) groups excluding carboxylic acids is 1. The summed E-state index contributed by atoms with van der Waals surface area (Å²) < 4.78 is 12.7. The average Bonchev–Trinajstić information content (AvgIpc) is 2.40. The Hall–Kier alpha value is -2.37. The van der Waals surface area contributed by atoms with Crippen molar-refractivity contribution in [2.24, 2.45) is 0 Å². The third kappa shape index (κ3) is 5.51. The van der Waals surface area contributed by atoms with E-state index in [0.29, 0.717) is 13.0 Å². The van der Waals surface area contributed by atoms with Crippen molar-refractivity contribution in [2.75, 3.05) is 6.54 Å². The molecule has 3 N–H and O–H groups in total. The van der Waals surface area contributed by atoms with Crippen molar-refractivity contribution in [1.82, 2.24) is 10.6 Å². The molecule has 5 nitrogen and oxygen atoms in total. The Morgan fingerprint density at radius 2 is 2.00 bits per heavy atom. The monoisotopic (exact) mass is 280 g/mol. The summed E-state index contributed by atoms with van der Waals surface area (Å²) in [6, 6.07) is 4.42. The van der Waals surface area contributed by atoms with E-state index >= 15 is 0 Å². The van der Waals surface area contributed by atoms with Gasteiger partial charge in [0.2, 0.25) is 0 Å². The summed E-state index contributed by atoms with van der Waals surface area (Å²) in [5.41, 5.74) is 0.882. The van der Waals surface area contributed by atoms with Crippen molar-refractivity contribution >= 4 is 12.0 Å². The molecule has 108 valence electrons. The van der Waals surface area contributed by atoms with E-state index in [4.69, 9.17) is 5.11 Å². The fourth-order valence-corrected chi connectivity index (χ4v) is 1.57. The second-order valence-corrected chi connectivity index (χ2v) is 4.19. The highest BCUT2D eigenvalue weighted by Crippen LogP contribution is 2.02. The van der Waals surface area contributed by atoms with Gasteiger partial charge in [0.05, 0.1) is 0 Å². The summed E-state index contributed by atoms with van der Waals surface area (Å²) in [4.78, 5) is 22.3. The Bertz CT molecular complexity index is 474. The molecule has 0 saturated heterocycles. The number of urea groups is 1. The van der Waals surface area contributed by atoms with Crippen LogP contribution in [-0.2, 0) is 11.2 Å². The van der Waals surface area contributed by atoms with Crippen molar-refractivity contribution in [1.29, 1.82) is 0 Å². The molecule has 0 fully saturated rings. The molecule has 1 unspecified atom stereocenters. The average molecular weight is 280 g/mol. The summed E-state index contributed by atoms with van der Waals surface area (Å²) in [5.74, 6) is -1.42. The third-order valence-electron chi connectivity index (χ3n) is 2.62. The highest BCUT2D eigenvalue weighted by molar-refractivity contribution is 5.82. The molecule has 0 aromatic heterocycles. The summed E-state index contributed by atoms with van der Waals surface area (Å²) >= 11 is 0. The number of nitrogens with one attached hydrogen (secondary N) is 2. The van der Waals surface area contributed by atoms with Crippen LogP contribution in [0.25, 0.3) is 0 Å². The van der Waals surface area contributed by atoms with Crippen molar-refractivity contribution in [3.05, 3.63) is 48.3 Å². The van der Waals surface area contributed by atoms with Gasteiger partial charge in [-0.1, -0.05) is 18.2 Å². The minimum absolute atomic E-state index is 0.153. The standard InChI is InChI=1S/C14H17FN2O3/c1-2-3-12(13(18)19)17-14(20)16-9-8-10-4-6-11(15)7-5-10/h2,4-7,12H,1,3,8-9H2,(H,18,19)(H2,16,17,20). The minimum Gasteiger partial charge on any atom is -0.480 e. The zero-order valence-electron chi connectivity index (χ0n) is 10.9. The van der Waals surface area contributed by atoms with E-state index in [-0.39, 0.29) is 12.2 Å². The highest BCUT2D eigenvalue weighted by atomic mass is 19.1. The van der Waals surface area contributed by atoms with E-state index in [9.17, 15) is 14.0 Å². The summed E-state index contributed by atoms with van der Waals surface area (Å²) in [5, 5.41) is 13.7. The zero-order valence-corrected chi connectivity index (χ0v) is 10.9. The molecular weight excluding hydrogens is 263 g/mol. The van der Waals surface area contributed by atoms with Crippen LogP contribution >= 0.6 is 0 Å². The minimum atomic E-state index is -1.11. The van der Waals surface area contributed by atoms with Gasteiger partial charge in [-0.05, 0) is 30.5 Å². The fourth-order valence-electron chi connectivity index (χ4n) is 1.57. The lowest BCUT2D eigenvalue weighted by molar-refractivity contribution is -0.139. The number of carboxylic acid groups (broad SMARTS) is 1. The maximum absolute atomic E-state index is 12.7. The lowest BCUT2D eigenvalue weighted by Crippen LogP contribution is -2.46. The molecule has 1 aromatic carbocycles. The Balaban J connectivity index is 2.33. The second-order valence-electron chi connectivity index (χ2n) is 4.19. The predicted molar refractivity (Wildman–Crippen MR) is 72.9 cm³/mol. The van der Waals surface area contributed by atoms with Crippen LogP contribution in [0.4, 0.5) is 9.18 Å². The third-order valence-corrected chi connectivity index (χ3v) is 2.62. The predicted octanol–water partition coefficient (Wildman–Crippen LogP) is 1.70. The molecule has 0 aliphatic carbocycles. The van der Waals surface area contributed by atoms with E-state index in [1.54, 1.807) is 12.1 Å². The van der Waals surface area contributed by atoms with E-state index in [1.807, 2.05) is 0 Å². The Morgan fingerprint density at radius 3 is 2.55 bits per heavy atom. The van der Waals surface area contributed by atoms with Crippen LogP contribution in [0.5, 0.6) is 0 Å². The van der Waals surface area contributed by atoms with Gasteiger partial charge >= 0.3 is 12.0 Å². The van der Waals surface area contributed by atoms with E-state index in [1.165, 1.54) is 18.2 Å². The largest absolute Gasteiger partial charge is 0.480 e. The molecule has 0 spiro atoms. The van der Waals surface area contributed by atoms with Crippen LogP contribution < -0.4 is 10.6 Å². The molecule has 0 aliphatic rings. The van der Waals surface area contributed by atoms with Crippen LogP contribution in [0, 0.1) is 5.82 Å². The molecule has 20 heavy (non-hydrogen) atoms. The molecular formula is C14H17FN2O3. The Morgan fingerprint density at radius 1 is 1.35 bits per heavy atom. The van der Waals surface area contributed by atoms with Crippen LogP contribution in [0.1, 0.15) is 12.0 Å². The number of amides is 2. The number of aliphatic carboxylic acids is 1. The number of hydrogen-bond acceptors (Lipinski definition) is 2. The molecule has 0 aliphatic heterocycles. The van der Waals surface area contributed by atoms with Gasteiger partial charge in [0, 0.05) is 6.54 Å². The first-order valence-corrected chi connectivity index (χ1v) is 6.15. The van der Waals surface area contributed by atoms with Crippen molar-refractivity contribution in [2.45, 2.75) is 18.9 Å². The molecule has 0 heterocycles.